The summed E-state index contributed by atoms with van der Waals surface area (Å²) in [5.41, 5.74) is 0.442. The van der Waals surface area contributed by atoms with Gasteiger partial charge in [0.25, 0.3) is 0 Å². The van der Waals surface area contributed by atoms with Gasteiger partial charge in [0.2, 0.25) is 0 Å². The van der Waals surface area contributed by atoms with E-state index in [9.17, 15) is 0 Å². The molecule has 0 atom stereocenters. The lowest BCUT2D eigenvalue weighted by Gasteiger charge is -2.31. The van der Waals surface area contributed by atoms with Gasteiger partial charge in [0, 0.05) is 19.0 Å². The zero-order valence-corrected chi connectivity index (χ0v) is 13.6. The molecule has 0 aliphatic heterocycles. The van der Waals surface area contributed by atoms with Gasteiger partial charge in [-0.15, -0.1) is 0 Å². The number of hydrogen-bond acceptors (Lipinski definition) is 3. The smallest absolute Gasteiger partial charge is 0.134 e. The lowest BCUT2D eigenvalue weighted by atomic mass is 9.78. The van der Waals surface area contributed by atoms with Crippen LogP contribution in [0.4, 0.5) is 5.82 Å². The van der Waals surface area contributed by atoms with E-state index < -0.39 is 0 Å². The van der Waals surface area contributed by atoms with Gasteiger partial charge in [-0.3, -0.25) is 0 Å². The summed E-state index contributed by atoms with van der Waals surface area (Å²) < 4.78 is 0. The predicted octanol–water partition coefficient (Wildman–Crippen LogP) is 4.71. The molecule has 1 heterocycles. The molecule has 0 bridgehead atoms. The largest absolute Gasteiger partial charge is 0.369 e. The SMILES string of the molecule is CCc1nc(Cl)cc(NCC2(CC(C)C)CCCC2)n1. The molecule has 0 unspecified atom stereocenters. The van der Waals surface area contributed by atoms with Crippen LogP contribution in [0, 0.1) is 11.3 Å². The average Bonchev–Trinajstić information content (AvgIpc) is 2.84. The summed E-state index contributed by atoms with van der Waals surface area (Å²) in [7, 11) is 0. The van der Waals surface area contributed by atoms with Gasteiger partial charge in [-0.05, 0) is 30.6 Å². The fraction of sp³-hybridized carbons (Fsp3) is 0.750. The standard InChI is InChI=1S/C16H26ClN3/c1-4-14-19-13(17)9-15(20-14)18-11-16(10-12(2)3)7-5-6-8-16/h9,12H,4-8,10-11H2,1-3H3,(H,18,19,20). The molecule has 1 fully saturated rings. The Hall–Kier alpha value is -0.830. The first-order valence-corrected chi connectivity index (χ1v) is 8.18. The van der Waals surface area contributed by atoms with Crippen LogP contribution in [0.15, 0.2) is 6.07 Å². The third-order valence-electron chi connectivity index (χ3n) is 4.21. The zero-order valence-electron chi connectivity index (χ0n) is 12.9. The Kier molecular flexibility index (Phi) is 5.25. The second-order valence-electron chi connectivity index (χ2n) is 6.50. The van der Waals surface area contributed by atoms with E-state index in [0.717, 1.165) is 30.5 Å². The summed E-state index contributed by atoms with van der Waals surface area (Å²) in [6.45, 7) is 7.68. The molecule has 1 saturated carbocycles. The van der Waals surface area contributed by atoms with Gasteiger partial charge in [-0.25, -0.2) is 9.97 Å². The molecule has 1 aromatic rings. The summed E-state index contributed by atoms with van der Waals surface area (Å²) >= 11 is 6.05. The van der Waals surface area contributed by atoms with Gasteiger partial charge in [0.1, 0.15) is 16.8 Å². The number of nitrogens with one attached hydrogen (secondary N) is 1. The van der Waals surface area contributed by atoms with Gasteiger partial charge in [0.15, 0.2) is 0 Å². The predicted molar refractivity (Wildman–Crippen MR) is 85.3 cm³/mol. The van der Waals surface area contributed by atoms with Gasteiger partial charge < -0.3 is 5.32 Å². The first-order valence-electron chi connectivity index (χ1n) is 7.80. The van der Waals surface area contributed by atoms with E-state index in [1.807, 2.05) is 13.0 Å². The Morgan fingerprint density at radius 1 is 1.30 bits per heavy atom. The van der Waals surface area contributed by atoms with E-state index in [-0.39, 0.29) is 0 Å². The van der Waals surface area contributed by atoms with Crippen molar-refractivity contribution in [2.24, 2.45) is 11.3 Å². The lowest BCUT2D eigenvalue weighted by molar-refractivity contribution is 0.252. The van der Waals surface area contributed by atoms with E-state index in [0.29, 0.717) is 10.6 Å². The Labute approximate surface area is 127 Å². The highest BCUT2D eigenvalue weighted by molar-refractivity contribution is 6.29. The Bertz CT molecular complexity index is 439. The Morgan fingerprint density at radius 3 is 2.60 bits per heavy atom. The molecular weight excluding hydrogens is 270 g/mol. The van der Waals surface area contributed by atoms with Crippen LogP contribution in [0.2, 0.25) is 5.15 Å². The molecule has 0 amide bonds. The Morgan fingerprint density at radius 2 is 2.00 bits per heavy atom. The van der Waals surface area contributed by atoms with Gasteiger partial charge >= 0.3 is 0 Å². The first kappa shape index (κ1) is 15.6. The minimum Gasteiger partial charge on any atom is -0.369 e. The minimum absolute atomic E-state index is 0.442. The van der Waals surface area contributed by atoms with Crippen molar-refractivity contribution in [3.63, 3.8) is 0 Å². The van der Waals surface area contributed by atoms with E-state index in [2.05, 4.69) is 29.1 Å². The highest BCUT2D eigenvalue weighted by atomic mass is 35.5. The van der Waals surface area contributed by atoms with Crippen molar-refractivity contribution in [3.8, 4) is 0 Å². The van der Waals surface area contributed by atoms with Crippen molar-refractivity contribution >= 4 is 17.4 Å². The molecule has 2 rings (SSSR count). The third-order valence-corrected chi connectivity index (χ3v) is 4.40. The maximum atomic E-state index is 6.05. The van der Waals surface area contributed by atoms with E-state index in [1.165, 1.54) is 32.1 Å². The topological polar surface area (TPSA) is 37.8 Å². The maximum Gasteiger partial charge on any atom is 0.134 e. The van der Waals surface area contributed by atoms with Crippen LogP contribution in [-0.4, -0.2) is 16.5 Å². The molecule has 4 heteroatoms. The van der Waals surface area contributed by atoms with E-state index in [1.54, 1.807) is 0 Å². The third kappa shape index (κ3) is 4.08. The van der Waals surface area contributed by atoms with Crippen LogP contribution < -0.4 is 5.32 Å². The van der Waals surface area contributed by atoms with Crippen LogP contribution in [0.5, 0.6) is 0 Å². The molecule has 0 radical (unpaired) electrons. The summed E-state index contributed by atoms with van der Waals surface area (Å²) in [6, 6.07) is 1.83. The van der Waals surface area contributed by atoms with Crippen LogP contribution in [0.3, 0.4) is 0 Å². The van der Waals surface area contributed by atoms with Gasteiger partial charge in [-0.1, -0.05) is 45.2 Å². The number of halogens is 1. The van der Waals surface area contributed by atoms with Gasteiger partial charge in [0.05, 0.1) is 0 Å². The number of rotatable bonds is 6. The van der Waals surface area contributed by atoms with Crippen molar-refractivity contribution in [1.82, 2.24) is 9.97 Å². The summed E-state index contributed by atoms with van der Waals surface area (Å²) in [6.07, 6.45) is 7.49. The zero-order chi connectivity index (χ0) is 14.6. The molecule has 112 valence electrons. The van der Waals surface area contributed by atoms with Crippen molar-refractivity contribution in [1.29, 1.82) is 0 Å². The molecule has 20 heavy (non-hydrogen) atoms. The Balaban J connectivity index is 2.04. The molecule has 1 aliphatic carbocycles. The number of aryl methyl sites for hydroxylation is 1. The van der Waals surface area contributed by atoms with Crippen LogP contribution >= 0.6 is 11.6 Å². The maximum absolute atomic E-state index is 6.05. The quantitative estimate of drug-likeness (QED) is 0.772. The monoisotopic (exact) mass is 295 g/mol. The summed E-state index contributed by atoms with van der Waals surface area (Å²) in [5.74, 6) is 2.43. The molecule has 0 spiro atoms. The molecular formula is C16H26ClN3. The van der Waals surface area contributed by atoms with Crippen LogP contribution in [-0.2, 0) is 6.42 Å². The number of aromatic nitrogens is 2. The van der Waals surface area contributed by atoms with E-state index in [4.69, 9.17) is 11.6 Å². The second-order valence-corrected chi connectivity index (χ2v) is 6.89. The fourth-order valence-corrected chi connectivity index (χ4v) is 3.64. The molecule has 0 saturated heterocycles. The van der Waals surface area contributed by atoms with Crippen molar-refractivity contribution in [2.45, 2.75) is 59.3 Å². The van der Waals surface area contributed by atoms with E-state index >= 15 is 0 Å². The molecule has 1 N–H and O–H groups in total. The molecule has 0 aromatic carbocycles. The average molecular weight is 296 g/mol. The minimum atomic E-state index is 0.442. The normalized spacial score (nSPS) is 17.6. The summed E-state index contributed by atoms with van der Waals surface area (Å²) in [4.78, 5) is 8.73. The van der Waals surface area contributed by atoms with Crippen molar-refractivity contribution in [2.75, 3.05) is 11.9 Å². The molecule has 3 nitrogen and oxygen atoms in total. The van der Waals surface area contributed by atoms with Crippen LogP contribution in [0.1, 0.15) is 58.7 Å². The lowest BCUT2D eigenvalue weighted by Crippen LogP contribution is -2.28. The number of nitrogens with zero attached hydrogens (tertiary/aromatic N) is 2. The highest BCUT2D eigenvalue weighted by Crippen LogP contribution is 2.43. The first-order chi connectivity index (χ1) is 9.53. The number of anilines is 1. The second kappa shape index (κ2) is 6.75. The number of hydrogen-bond donors (Lipinski definition) is 1. The molecule has 1 aliphatic rings. The highest BCUT2D eigenvalue weighted by Gasteiger charge is 2.34. The van der Waals surface area contributed by atoms with Crippen molar-refractivity contribution in [3.05, 3.63) is 17.0 Å². The summed E-state index contributed by atoms with van der Waals surface area (Å²) in [5, 5.41) is 4.04. The molecule has 1 aromatic heterocycles. The van der Waals surface area contributed by atoms with Crippen LogP contribution in [0.25, 0.3) is 0 Å². The fourth-order valence-electron chi connectivity index (χ4n) is 3.44. The van der Waals surface area contributed by atoms with Gasteiger partial charge in [-0.2, -0.15) is 0 Å². The van der Waals surface area contributed by atoms with Crippen molar-refractivity contribution < 1.29 is 0 Å².